The Hall–Kier alpha value is -1.79. The van der Waals surface area contributed by atoms with Crippen LogP contribution in [0.2, 0.25) is 0 Å². The predicted octanol–water partition coefficient (Wildman–Crippen LogP) is -0.590. The van der Waals surface area contributed by atoms with Crippen molar-refractivity contribution in [2.75, 3.05) is 20.3 Å². The van der Waals surface area contributed by atoms with Gasteiger partial charge in [-0.1, -0.05) is 0 Å². The van der Waals surface area contributed by atoms with Crippen molar-refractivity contribution in [3.05, 3.63) is 0 Å². The van der Waals surface area contributed by atoms with E-state index in [1.165, 1.54) is 14.0 Å². The first-order chi connectivity index (χ1) is 7.51. The highest BCUT2D eigenvalue weighted by Crippen LogP contribution is 1.90. The minimum absolute atomic E-state index is 0.194. The first-order valence-electron chi connectivity index (χ1n) is 4.79. The van der Waals surface area contributed by atoms with Crippen molar-refractivity contribution in [1.82, 2.24) is 10.6 Å². The Morgan fingerprint density at radius 2 is 1.88 bits per heavy atom. The topological polar surface area (TPSA) is 93.7 Å². The number of hydrogen-bond donors (Lipinski definition) is 2. The Morgan fingerprint density at radius 3 is 2.31 bits per heavy atom. The van der Waals surface area contributed by atoms with Gasteiger partial charge in [0.1, 0.15) is 12.6 Å². The zero-order valence-electron chi connectivity index (χ0n) is 9.53. The van der Waals surface area contributed by atoms with Gasteiger partial charge in [0.05, 0.1) is 6.61 Å². The summed E-state index contributed by atoms with van der Waals surface area (Å²) in [5.41, 5.74) is 0. The number of ether oxygens (including phenoxy) is 2. The quantitative estimate of drug-likeness (QED) is 0.618. The van der Waals surface area contributed by atoms with Crippen LogP contribution in [0.5, 0.6) is 0 Å². The molecule has 92 valence electrons. The molecule has 7 nitrogen and oxygen atoms in total. The summed E-state index contributed by atoms with van der Waals surface area (Å²) in [4.78, 5) is 32.9. The molecule has 0 aromatic carbocycles. The largest absolute Gasteiger partial charge is 0.463 e. The van der Waals surface area contributed by atoms with Crippen LogP contribution in [-0.4, -0.2) is 44.3 Å². The number of likely N-dealkylation sites (N-methyl/N-ethyl adjacent to an activating group) is 1. The number of hydrogen-bond acceptors (Lipinski definition) is 5. The molecule has 1 atom stereocenters. The molecule has 0 bridgehead atoms. The first kappa shape index (κ1) is 14.2. The third-order valence-electron chi connectivity index (χ3n) is 1.58. The summed E-state index contributed by atoms with van der Waals surface area (Å²) in [5, 5.41) is 4.61. The standard InChI is InChI=1S/C9H16N2O5/c1-4-15-9(14)11-7(8(13)10-3)5-16-6(2)12/h7H,4-5H2,1-3H3,(H,10,13)(H,11,14). The van der Waals surface area contributed by atoms with Crippen LogP contribution in [0.15, 0.2) is 0 Å². The lowest BCUT2D eigenvalue weighted by Crippen LogP contribution is -2.48. The Kier molecular flexibility index (Phi) is 6.66. The lowest BCUT2D eigenvalue weighted by molar-refractivity contribution is -0.142. The summed E-state index contributed by atoms with van der Waals surface area (Å²) in [7, 11) is 1.41. The number of esters is 1. The van der Waals surface area contributed by atoms with Gasteiger partial charge in [-0.3, -0.25) is 9.59 Å². The minimum atomic E-state index is -0.951. The predicted molar refractivity (Wildman–Crippen MR) is 54.6 cm³/mol. The van der Waals surface area contributed by atoms with E-state index in [9.17, 15) is 14.4 Å². The molecule has 0 saturated heterocycles. The number of carbonyl (C=O) groups excluding carboxylic acids is 3. The first-order valence-corrected chi connectivity index (χ1v) is 4.79. The van der Waals surface area contributed by atoms with E-state index in [2.05, 4.69) is 20.1 Å². The van der Waals surface area contributed by atoms with Gasteiger partial charge in [0.25, 0.3) is 0 Å². The van der Waals surface area contributed by atoms with E-state index < -0.39 is 24.0 Å². The average molecular weight is 232 g/mol. The van der Waals surface area contributed by atoms with Crippen LogP contribution < -0.4 is 10.6 Å². The van der Waals surface area contributed by atoms with E-state index in [1.54, 1.807) is 6.92 Å². The van der Waals surface area contributed by atoms with Gasteiger partial charge in [-0.05, 0) is 6.92 Å². The minimum Gasteiger partial charge on any atom is -0.463 e. The van der Waals surface area contributed by atoms with Crippen LogP contribution in [-0.2, 0) is 19.1 Å². The molecule has 0 radical (unpaired) electrons. The molecular formula is C9H16N2O5. The monoisotopic (exact) mass is 232 g/mol. The molecule has 0 aliphatic heterocycles. The number of alkyl carbamates (subject to hydrolysis) is 1. The molecule has 0 fully saturated rings. The fraction of sp³-hybridized carbons (Fsp3) is 0.667. The van der Waals surface area contributed by atoms with Crippen LogP contribution in [0.4, 0.5) is 4.79 Å². The van der Waals surface area contributed by atoms with Crippen LogP contribution >= 0.6 is 0 Å². The van der Waals surface area contributed by atoms with Crippen molar-refractivity contribution in [3.63, 3.8) is 0 Å². The second-order valence-electron chi connectivity index (χ2n) is 2.83. The van der Waals surface area contributed by atoms with Crippen LogP contribution in [0.3, 0.4) is 0 Å². The summed E-state index contributed by atoms with van der Waals surface area (Å²) in [6.45, 7) is 2.82. The maximum atomic E-state index is 11.3. The van der Waals surface area contributed by atoms with Crippen molar-refractivity contribution < 1.29 is 23.9 Å². The van der Waals surface area contributed by atoms with E-state index in [4.69, 9.17) is 0 Å². The van der Waals surface area contributed by atoms with Crippen molar-refractivity contribution in [2.45, 2.75) is 19.9 Å². The highest BCUT2D eigenvalue weighted by molar-refractivity contribution is 5.85. The molecule has 16 heavy (non-hydrogen) atoms. The zero-order valence-corrected chi connectivity index (χ0v) is 9.53. The number of amides is 2. The Labute approximate surface area is 93.5 Å². The van der Waals surface area contributed by atoms with E-state index in [-0.39, 0.29) is 13.2 Å². The molecule has 2 N–H and O–H groups in total. The lowest BCUT2D eigenvalue weighted by atomic mass is 10.3. The molecule has 1 unspecified atom stereocenters. The van der Waals surface area contributed by atoms with Gasteiger partial charge in [-0.15, -0.1) is 0 Å². The van der Waals surface area contributed by atoms with Crippen LogP contribution in [0.1, 0.15) is 13.8 Å². The van der Waals surface area contributed by atoms with Gasteiger partial charge in [0.2, 0.25) is 5.91 Å². The van der Waals surface area contributed by atoms with Gasteiger partial charge in [-0.25, -0.2) is 4.79 Å². The summed E-state index contributed by atoms with van der Waals surface area (Å²) in [5.74, 6) is -0.992. The number of nitrogens with one attached hydrogen (secondary N) is 2. The van der Waals surface area contributed by atoms with Gasteiger partial charge >= 0.3 is 12.1 Å². The van der Waals surface area contributed by atoms with Crippen molar-refractivity contribution >= 4 is 18.0 Å². The van der Waals surface area contributed by atoms with E-state index in [1.807, 2.05) is 0 Å². The molecule has 0 aromatic rings. The molecule has 2 amide bonds. The molecule has 0 spiro atoms. The Balaban J connectivity index is 4.25. The Bertz CT molecular complexity index is 267. The molecular weight excluding hydrogens is 216 g/mol. The second kappa shape index (κ2) is 7.49. The maximum Gasteiger partial charge on any atom is 0.407 e. The summed E-state index contributed by atoms with van der Waals surface area (Å²) < 4.78 is 9.24. The second-order valence-corrected chi connectivity index (χ2v) is 2.83. The molecule has 0 aliphatic carbocycles. The molecule has 7 heteroatoms. The van der Waals surface area contributed by atoms with Gasteiger partial charge in [0, 0.05) is 14.0 Å². The average Bonchev–Trinajstić information content (AvgIpc) is 2.23. The van der Waals surface area contributed by atoms with Crippen LogP contribution in [0, 0.1) is 0 Å². The summed E-state index contributed by atoms with van der Waals surface area (Å²) in [6.07, 6.45) is -0.733. The highest BCUT2D eigenvalue weighted by atomic mass is 16.6. The third-order valence-corrected chi connectivity index (χ3v) is 1.58. The summed E-state index contributed by atoms with van der Waals surface area (Å²) in [6, 6.07) is -0.951. The van der Waals surface area contributed by atoms with E-state index in [0.717, 1.165) is 0 Å². The normalized spacial score (nSPS) is 11.2. The smallest absolute Gasteiger partial charge is 0.407 e. The SMILES string of the molecule is CCOC(=O)NC(COC(C)=O)C(=O)NC. The Morgan fingerprint density at radius 1 is 1.25 bits per heavy atom. The third kappa shape index (κ3) is 5.84. The van der Waals surface area contributed by atoms with Gasteiger partial charge < -0.3 is 20.1 Å². The molecule has 0 aliphatic rings. The van der Waals surface area contributed by atoms with E-state index in [0.29, 0.717) is 0 Å². The highest BCUT2D eigenvalue weighted by Gasteiger charge is 2.21. The van der Waals surface area contributed by atoms with Gasteiger partial charge in [-0.2, -0.15) is 0 Å². The van der Waals surface area contributed by atoms with Crippen LogP contribution in [0.25, 0.3) is 0 Å². The van der Waals surface area contributed by atoms with Gasteiger partial charge in [0.15, 0.2) is 0 Å². The molecule has 0 rings (SSSR count). The fourth-order valence-electron chi connectivity index (χ4n) is 0.873. The van der Waals surface area contributed by atoms with Crippen molar-refractivity contribution in [2.24, 2.45) is 0 Å². The van der Waals surface area contributed by atoms with Crippen molar-refractivity contribution in [3.8, 4) is 0 Å². The molecule has 0 heterocycles. The molecule has 0 saturated carbocycles. The number of carbonyl (C=O) groups is 3. The zero-order chi connectivity index (χ0) is 12.6. The van der Waals surface area contributed by atoms with E-state index >= 15 is 0 Å². The number of rotatable bonds is 5. The maximum absolute atomic E-state index is 11.3. The lowest BCUT2D eigenvalue weighted by Gasteiger charge is -2.16. The summed E-state index contributed by atoms with van der Waals surface area (Å²) >= 11 is 0. The van der Waals surface area contributed by atoms with Crippen molar-refractivity contribution in [1.29, 1.82) is 0 Å². The fourth-order valence-corrected chi connectivity index (χ4v) is 0.873. The molecule has 0 aromatic heterocycles.